The Labute approximate surface area is 109 Å². The van der Waals surface area contributed by atoms with Gasteiger partial charge in [0.2, 0.25) is 11.8 Å². The molecule has 0 aromatic rings. The van der Waals surface area contributed by atoms with Crippen LogP contribution in [0.3, 0.4) is 0 Å². The van der Waals surface area contributed by atoms with Crippen LogP contribution < -0.4 is 5.32 Å². The quantitative estimate of drug-likeness (QED) is 0.831. The standard InChI is InChI=1S/C14H24N2O2/c1-4-12-14(18)16(10(3)13(17)15-12)9(2)11-7-5-6-8-11/h9-12H,4-8H2,1-3H3,(H,15,17). The Bertz CT molecular complexity index is 337. The van der Waals surface area contributed by atoms with Crippen LogP contribution in [-0.4, -0.2) is 34.8 Å². The van der Waals surface area contributed by atoms with E-state index in [-0.39, 0.29) is 29.9 Å². The van der Waals surface area contributed by atoms with Crippen LogP contribution in [0.15, 0.2) is 0 Å². The summed E-state index contributed by atoms with van der Waals surface area (Å²) in [7, 11) is 0. The van der Waals surface area contributed by atoms with Crippen LogP contribution in [0, 0.1) is 5.92 Å². The summed E-state index contributed by atoms with van der Waals surface area (Å²) in [6.45, 7) is 5.89. The molecule has 2 amide bonds. The van der Waals surface area contributed by atoms with Crippen LogP contribution in [0.4, 0.5) is 0 Å². The van der Waals surface area contributed by atoms with E-state index in [0.29, 0.717) is 12.3 Å². The van der Waals surface area contributed by atoms with Crippen LogP contribution in [0.5, 0.6) is 0 Å². The third-order valence-electron chi connectivity index (χ3n) is 4.59. The highest BCUT2D eigenvalue weighted by Gasteiger charge is 2.41. The van der Waals surface area contributed by atoms with Crippen LogP contribution in [0.2, 0.25) is 0 Å². The molecule has 4 heteroatoms. The van der Waals surface area contributed by atoms with E-state index in [4.69, 9.17) is 0 Å². The fourth-order valence-electron chi connectivity index (χ4n) is 3.35. The third kappa shape index (κ3) is 2.25. The largest absolute Gasteiger partial charge is 0.343 e. The van der Waals surface area contributed by atoms with Crippen molar-refractivity contribution in [3.63, 3.8) is 0 Å². The molecule has 1 heterocycles. The van der Waals surface area contributed by atoms with Gasteiger partial charge >= 0.3 is 0 Å². The van der Waals surface area contributed by atoms with Crippen LogP contribution in [0.1, 0.15) is 52.9 Å². The Morgan fingerprint density at radius 3 is 2.50 bits per heavy atom. The minimum absolute atomic E-state index is 0.00806. The van der Waals surface area contributed by atoms with E-state index < -0.39 is 0 Å². The number of nitrogens with one attached hydrogen (secondary N) is 1. The Kier molecular flexibility index (Phi) is 3.93. The smallest absolute Gasteiger partial charge is 0.246 e. The summed E-state index contributed by atoms with van der Waals surface area (Å²) >= 11 is 0. The highest BCUT2D eigenvalue weighted by Crippen LogP contribution is 2.32. The number of carbonyl (C=O) groups is 2. The second-order valence-electron chi connectivity index (χ2n) is 5.68. The van der Waals surface area contributed by atoms with E-state index in [9.17, 15) is 9.59 Å². The zero-order valence-corrected chi connectivity index (χ0v) is 11.6. The first-order valence-electron chi connectivity index (χ1n) is 7.18. The highest BCUT2D eigenvalue weighted by atomic mass is 16.2. The van der Waals surface area contributed by atoms with E-state index >= 15 is 0 Å². The lowest BCUT2D eigenvalue weighted by Crippen LogP contribution is -2.65. The topological polar surface area (TPSA) is 49.4 Å². The van der Waals surface area contributed by atoms with E-state index in [1.807, 2.05) is 18.7 Å². The molecule has 3 atom stereocenters. The van der Waals surface area contributed by atoms with Crippen molar-refractivity contribution in [2.75, 3.05) is 0 Å². The maximum atomic E-state index is 12.4. The molecule has 1 aliphatic carbocycles. The zero-order chi connectivity index (χ0) is 13.3. The lowest BCUT2D eigenvalue weighted by molar-refractivity contribution is -0.152. The van der Waals surface area contributed by atoms with Crippen molar-refractivity contribution in [3.8, 4) is 0 Å². The second kappa shape index (κ2) is 5.29. The van der Waals surface area contributed by atoms with Crippen molar-refractivity contribution < 1.29 is 9.59 Å². The van der Waals surface area contributed by atoms with Gasteiger partial charge in [0.1, 0.15) is 12.1 Å². The zero-order valence-electron chi connectivity index (χ0n) is 11.6. The SMILES string of the molecule is CCC1NC(=O)C(C)N(C(C)C2CCCC2)C1=O. The lowest BCUT2D eigenvalue weighted by Gasteiger charge is -2.42. The van der Waals surface area contributed by atoms with E-state index in [2.05, 4.69) is 12.2 Å². The molecule has 0 aromatic heterocycles. The van der Waals surface area contributed by atoms with Crippen molar-refractivity contribution in [3.05, 3.63) is 0 Å². The maximum absolute atomic E-state index is 12.4. The number of hydrogen-bond donors (Lipinski definition) is 1. The van der Waals surface area contributed by atoms with Gasteiger partial charge in [0.25, 0.3) is 0 Å². The monoisotopic (exact) mass is 252 g/mol. The molecule has 2 fully saturated rings. The molecule has 4 nitrogen and oxygen atoms in total. The van der Waals surface area contributed by atoms with Crippen molar-refractivity contribution >= 4 is 11.8 Å². The van der Waals surface area contributed by atoms with E-state index in [1.165, 1.54) is 25.7 Å². The highest BCUT2D eigenvalue weighted by molar-refractivity contribution is 5.96. The summed E-state index contributed by atoms with van der Waals surface area (Å²) in [6.07, 6.45) is 5.57. The third-order valence-corrected chi connectivity index (χ3v) is 4.59. The molecule has 2 aliphatic rings. The fraction of sp³-hybridized carbons (Fsp3) is 0.857. The average molecular weight is 252 g/mol. The molecule has 0 radical (unpaired) electrons. The molecule has 0 spiro atoms. The van der Waals surface area contributed by atoms with Crippen LogP contribution in [-0.2, 0) is 9.59 Å². The molecule has 3 unspecified atom stereocenters. The Morgan fingerprint density at radius 1 is 1.33 bits per heavy atom. The molecule has 0 bridgehead atoms. The van der Waals surface area contributed by atoms with Crippen molar-refractivity contribution in [1.82, 2.24) is 10.2 Å². The maximum Gasteiger partial charge on any atom is 0.246 e. The number of amides is 2. The summed E-state index contributed by atoms with van der Waals surface area (Å²) in [6, 6.07) is -0.455. The van der Waals surface area contributed by atoms with Gasteiger partial charge in [-0.2, -0.15) is 0 Å². The predicted molar refractivity (Wildman–Crippen MR) is 69.9 cm³/mol. The van der Waals surface area contributed by atoms with Gasteiger partial charge in [-0.3, -0.25) is 9.59 Å². The average Bonchev–Trinajstić information content (AvgIpc) is 2.87. The normalized spacial score (nSPS) is 31.6. The fourth-order valence-corrected chi connectivity index (χ4v) is 3.35. The predicted octanol–water partition coefficient (Wildman–Crippen LogP) is 1.69. The molecular weight excluding hydrogens is 228 g/mol. The van der Waals surface area contributed by atoms with Gasteiger partial charge in [-0.25, -0.2) is 0 Å². The Morgan fingerprint density at radius 2 is 1.94 bits per heavy atom. The van der Waals surface area contributed by atoms with Crippen molar-refractivity contribution in [2.24, 2.45) is 5.92 Å². The molecule has 2 rings (SSSR count). The molecule has 102 valence electrons. The van der Waals surface area contributed by atoms with Gasteiger partial charge < -0.3 is 10.2 Å². The first-order valence-corrected chi connectivity index (χ1v) is 7.18. The molecule has 1 saturated heterocycles. The summed E-state index contributed by atoms with van der Waals surface area (Å²) in [5.41, 5.74) is 0. The Balaban J connectivity index is 2.16. The minimum Gasteiger partial charge on any atom is -0.343 e. The summed E-state index contributed by atoms with van der Waals surface area (Å²) in [5.74, 6) is 0.662. The number of rotatable bonds is 3. The van der Waals surface area contributed by atoms with Gasteiger partial charge in [0.05, 0.1) is 0 Å². The van der Waals surface area contributed by atoms with Gasteiger partial charge in [-0.1, -0.05) is 19.8 Å². The van der Waals surface area contributed by atoms with Gasteiger partial charge in [0, 0.05) is 6.04 Å². The van der Waals surface area contributed by atoms with Gasteiger partial charge in [0.15, 0.2) is 0 Å². The lowest BCUT2D eigenvalue weighted by atomic mass is 9.94. The summed E-state index contributed by atoms with van der Waals surface area (Å²) < 4.78 is 0. The summed E-state index contributed by atoms with van der Waals surface area (Å²) in [5, 5.41) is 2.81. The van der Waals surface area contributed by atoms with Crippen LogP contribution >= 0.6 is 0 Å². The minimum atomic E-state index is -0.323. The molecule has 18 heavy (non-hydrogen) atoms. The van der Waals surface area contributed by atoms with Gasteiger partial charge in [-0.15, -0.1) is 0 Å². The molecule has 1 saturated carbocycles. The van der Waals surface area contributed by atoms with E-state index in [0.717, 1.165) is 0 Å². The molecular formula is C14H24N2O2. The first-order chi connectivity index (χ1) is 8.56. The number of nitrogens with zero attached hydrogens (tertiary/aromatic N) is 1. The number of carbonyl (C=O) groups excluding carboxylic acids is 2. The number of hydrogen-bond acceptors (Lipinski definition) is 2. The molecule has 0 aromatic carbocycles. The van der Waals surface area contributed by atoms with Crippen molar-refractivity contribution in [2.45, 2.75) is 71.0 Å². The first kappa shape index (κ1) is 13.4. The molecule has 1 N–H and O–H groups in total. The Hall–Kier alpha value is -1.06. The molecule has 1 aliphatic heterocycles. The van der Waals surface area contributed by atoms with Crippen LogP contribution in [0.25, 0.3) is 0 Å². The van der Waals surface area contributed by atoms with Crippen molar-refractivity contribution in [1.29, 1.82) is 0 Å². The second-order valence-corrected chi connectivity index (χ2v) is 5.68. The number of piperazine rings is 1. The summed E-state index contributed by atoms with van der Waals surface area (Å²) in [4.78, 5) is 26.2. The van der Waals surface area contributed by atoms with E-state index in [1.54, 1.807) is 0 Å². The van der Waals surface area contributed by atoms with Gasteiger partial charge in [-0.05, 0) is 39.0 Å².